The van der Waals surface area contributed by atoms with Gasteiger partial charge in [0.15, 0.2) is 0 Å². The molecule has 1 saturated heterocycles. The fourth-order valence-electron chi connectivity index (χ4n) is 4.40. The second-order valence-corrected chi connectivity index (χ2v) is 8.90. The van der Waals surface area contributed by atoms with Crippen LogP contribution >= 0.6 is 0 Å². The zero-order valence-electron chi connectivity index (χ0n) is 19.6. The van der Waals surface area contributed by atoms with Gasteiger partial charge in [0.1, 0.15) is 0 Å². The first-order valence-electron chi connectivity index (χ1n) is 11.7. The molecule has 178 valence electrons. The number of nitrogens with one attached hydrogen (secondary N) is 1. The van der Waals surface area contributed by atoms with E-state index < -0.39 is 0 Å². The van der Waals surface area contributed by atoms with Gasteiger partial charge in [-0.2, -0.15) is 0 Å². The fourth-order valence-corrected chi connectivity index (χ4v) is 4.40. The van der Waals surface area contributed by atoms with Gasteiger partial charge in [-0.3, -0.25) is 14.8 Å². The van der Waals surface area contributed by atoms with E-state index in [0.717, 1.165) is 48.6 Å². The van der Waals surface area contributed by atoms with Crippen LogP contribution in [0.5, 0.6) is 5.88 Å². The zero-order chi connectivity index (χ0) is 24.4. The summed E-state index contributed by atoms with van der Waals surface area (Å²) in [5, 5.41) is 20.9. The molecule has 1 aliphatic rings. The number of aliphatic hydroxyl groups excluding tert-OH is 1. The van der Waals surface area contributed by atoms with Crippen LogP contribution in [0.3, 0.4) is 0 Å². The van der Waals surface area contributed by atoms with E-state index in [2.05, 4.69) is 39.0 Å². The third kappa shape index (κ3) is 4.82. The molecular weight excluding hydrogens is 440 g/mol. The van der Waals surface area contributed by atoms with Crippen molar-refractivity contribution in [1.82, 2.24) is 9.88 Å². The zero-order valence-corrected chi connectivity index (χ0v) is 19.6. The number of rotatable bonds is 5. The van der Waals surface area contributed by atoms with Gasteiger partial charge < -0.3 is 20.0 Å². The Bertz CT molecular complexity index is 1420. The SMILES string of the molecule is CN1CCN(c2ccc(N=Cc3c(O)[nH]c(=O)c4ccc(-c5ccc(CO)cc5)cc34)cc2)CC1. The molecule has 0 bridgehead atoms. The minimum absolute atomic E-state index is 0.0157. The number of aliphatic imine (C=N–C) groups is 1. The van der Waals surface area contributed by atoms with Crippen molar-refractivity contribution in [3.05, 3.63) is 88.2 Å². The number of H-pyrrole nitrogens is 1. The summed E-state index contributed by atoms with van der Waals surface area (Å²) < 4.78 is 0. The normalized spacial score (nSPS) is 14.7. The van der Waals surface area contributed by atoms with Gasteiger partial charge in [-0.05, 0) is 60.1 Å². The number of nitrogens with zero attached hydrogens (tertiary/aromatic N) is 3. The lowest BCUT2D eigenvalue weighted by molar-refractivity contribution is 0.282. The van der Waals surface area contributed by atoms with Gasteiger partial charge in [-0.15, -0.1) is 0 Å². The van der Waals surface area contributed by atoms with Crippen molar-refractivity contribution in [1.29, 1.82) is 0 Å². The smallest absolute Gasteiger partial charge is 0.258 e. The van der Waals surface area contributed by atoms with Gasteiger partial charge in [-0.25, -0.2) is 0 Å². The Hall–Kier alpha value is -3.94. The molecule has 0 spiro atoms. The summed E-state index contributed by atoms with van der Waals surface area (Å²) in [5.74, 6) is -0.215. The number of aromatic nitrogens is 1. The number of pyridine rings is 1. The maximum absolute atomic E-state index is 12.5. The summed E-state index contributed by atoms with van der Waals surface area (Å²) in [6.07, 6.45) is 1.59. The average Bonchev–Trinajstić information content (AvgIpc) is 2.89. The van der Waals surface area contributed by atoms with Crippen molar-refractivity contribution < 1.29 is 10.2 Å². The molecule has 7 nitrogen and oxygen atoms in total. The Kier molecular flexibility index (Phi) is 6.35. The first kappa shape index (κ1) is 22.8. The second-order valence-electron chi connectivity index (χ2n) is 8.90. The maximum atomic E-state index is 12.5. The van der Waals surface area contributed by atoms with Crippen molar-refractivity contribution >= 4 is 28.4 Å². The summed E-state index contributed by atoms with van der Waals surface area (Å²) >= 11 is 0. The van der Waals surface area contributed by atoms with Crippen molar-refractivity contribution in [2.24, 2.45) is 4.99 Å². The van der Waals surface area contributed by atoms with Crippen LogP contribution in [0, 0.1) is 0 Å². The van der Waals surface area contributed by atoms with Crippen molar-refractivity contribution in [2.75, 3.05) is 38.1 Å². The van der Waals surface area contributed by atoms with Crippen LogP contribution in [0.25, 0.3) is 21.9 Å². The van der Waals surface area contributed by atoms with Crippen LogP contribution in [0.1, 0.15) is 11.1 Å². The highest BCUT2D eigenvalue weighted by molar-refractivity contribution is 6.03. The van der Waals surface area contributed by atoms with Gasteiger partial charge >= 0.3 is 0 Å². The number of piperazine rings is 1. The molecule has 3 aromatic carbocycles. The number of hydrogen-bond donors (Lipinski definition) is 3. The lowest BCUT2D eigenvalue weighted by atomic mass is 9.99. The first-order valence-corrected chi connectivity index (χ1v) is 11.7. The monoisotopic (exact) mass is 468 g/mol. The standard InChI is InChI=1S/C28H28N4O3/c1-31-12-14-32(15-13-31)23-9-7-22(8-10-23)29-17-26-25-16-21(20-4-2-19(18-33)3-5-20)6-11-24(25)27(34)30-28(26)35/h2-11,16-17,33H,12-15,18H2,1H3,(H2,30,34,35). The molecule has 1 aromatic heterocycles. The Morgan fingerprint density at radius 2 is 1.60 bits per heavy atom. The number of fused-ring (bicyclic) bond motifs is 1. The van der Waals surface area contributed by atoms with E-state index in [1.165, 1.54) is 5.69 Å². The van der Waals surface area contributed by atoms with Crippen LogP contribution in [0.2, 0.25) is 0 Å². The van der Waals surface area contributed by atoms with E-state index in [1.807, 2.05) is 48.5 Å². The molecule has 0 saturated carbocycles. The van der Waals surface area contributed by atoms with Crippen molar-refractivity contribution in [3.63, 3.8) is 0 Å². The molecule has 7 heteroatoms. The van der Waals surface area contributed by atoms with Crippen molar-refractivity contribution in [2.45, 2.75) is 6.61 Å². The number of aromatic hydroxyl groups is 1. The van der Waals surface area contributed by atoms with Gasteiger partial charge in [0.2, 0.25) is 5.88 Å². The Morgan fingerprint density at radius 3 is 2.29 bits per heavy atom. The molecule has 5 rings (SSSR count). The molecule has 4 aromatic rings. The van der Waals surface area contributed by atoms with Crippen LogP contribution in [0.4, 0.5) is 11.4 Å². The van der Waals surface area contributed by atoms with E-state index in [0.29, 0.717) is 16.3 Å². The molecular formula is C28H28N4O3. The quantitative estimate of drug-likeness (QED) is 0.387. The van der Waals surface area contributed by atoms with Gasteiger partial charge in [-0.1, -0.05) is 30.3 Å². The van der Waals surface area contributed by atoms with Gasteiger partial charge in [0.25, 0.3) is 5.56 Å². The van der Waals surface area contributed by atoms with Gasteiger partial charge in [0, 0.05) is 48.9 Å². The number of likely N-dealkylation sites (N-methyl/N-ethyl adjacent to an activating group) is 1. The molecule has 3 N–H and O–H groups in total. The molecule has 0 amide bonds. The number of aliphatic hydroxyl groups is 1. The largest absolute Gasteiger partial charge is 0.494 e. The summed E-state index contributed by atoms with van der Waals surface area (Å²) in [4.78, 5) is 24.3. The molecule has 2 heterocycles. The summed E-state index contributed by atoms with van der Waals surface area (Å²) in [7, 11) is 2.14. The van der Waals surface area contributed by atoms with E-state index >= 15 is 0 Å². The highest BCUT2D eigenvalue weighted by atomic mass is 16.3. The summed E-state index contributed by atoms with van der Waals surface area (Å²) in [6, 6.07) is 21.2. The number of aromatic amines is 1. The Balaban J connectivity index is 1.46. The number of anilines is 1. The molecule has 0 radical (unpaired) electrons. The van der Waals surface area contributed by atoms with E-state index in [1.54, 1.807) is 12.3 Å². The van der Waals surface area contributed by atoms with E-state index in [-0.39, 0.29) is 18.0 Å². The second kappa shape index (κ2) is 9.74. The van der Waals surface area contributed by atoms with Crippen LogP contribution < -0.4 is 10.5 Å². The lowest BCUT2D eigenvalue weighted by Crippen LogP contribution is -2.44. The number of benzene rings is 3. The molecule has 1 fully saturated rings. The molecule has 0 atom stereocenters. The third-order valence-electron chi connectivity index (χ3n) is 6.57. The molecule has 0 aliphatic carbocycles. The minimum Gasteiger partial charge on any atom is -0.494 e. The Morgan fingerprint density at radius 1 is 0.914 bits per heavy atom. The Labute approximate surface area is 203 Å². The van der Waals surface area contributed by atoms with E-state index in [9.17, 15) is 15.0 Å². The highest BCUT2D eigenvalue weighted by Gasteiger charge is 2.14. The lowest BCUT2D eigenvalue weighted by Gasteiger charge is -2.34. The van der Waals surface area contributed by atoms with Gasteiger partial charge in [0.05, 0.1) is 17.9 Å². The molecule has 35 heavy (non-hydrogen) atoms. The number of hydrogen-bond acceptors (Lipinski definition) is 6. The predicted molar refractivity (Wildman–Crippen MR) is 141 cm³/mol. The maximum Gasteiger partial charge on any atom is 0.258 e. The topological polar surface area (TPSA) is 92.2 Å². The molecule has 1 aliphatic heterocycles. The summed E-state index contributed by atoms with van der Waals surface area (Å²) in [6.45, 7) is 4.08. The minimum atomic E-state index is -0.353. The van der Waals surface area contributed by atoms with Crippen molar-refractivity contribution in [3.8, 4) is 17.0 Å². The summed E-state index contributed by atoms with van der Waals surface area (Å²) in [5.41, 5.74) is 4.72. The first-order chi connectivity index (χ1) is 17.0. The average molecular weight is 469 g/mol. The van der Waals surface area contributed by atoms with Crippen LogP contribution in [-0.2, 0) is 6.61 Å². The fraction of sp³-hybridized carbons (Fsp3) is 0.214. The molecule has 0 unspecified atom stereocenters. The third-order valence-corrected chi connectivity index (χ3v) is 6.57. The highest BCUT2D eigenvalue weighted by Crippen LogP contribution is 2.28. The van der Waals surface area contributed by atoms with Crippen LogP contribution in [0.15, 0.2) is 76.5 Å². The predicted octanol–water partition coefficient (Wildman–Crippen LogP) is 3.90. The van der Waals surface area contributed by atoms with E-state index in [4.69, 9.17) is 0 Å². The van der Waals surface area contributed by atoms with Crippen LogP contribution in [-0.4, -0.2) is 59.5 Å².